The first-order valence-electron chi connectivity index (χ1n) is 8.41. The number of carbonyl (C=O) groups is 3. The zero-order valence-corrected chi connectivity index (χ0v) is 15.1. The summed E-state index contributed by atoms with van der Waals surface area (Å²) in [6.07, 6.45) is 3.19. The SMILES string of the molecule is C=CCNC(=O)c1nc(C(=O)Nc2ccccc2C(=O)OC)c2ccccn12. The summed E-state index contributed by atoms with van der Waals surface area (Å²) in [6, 6.07) is 11.6. The first-order chi connectivity index (χ1) is 13.6. The van der Waals surface area contributed by atoms with Crippen molar-refractivity contribution in [2.24, 2.45) is 0 Å². The number of pyridine rings is 1. The zero-order valence-electron chi connectivity index (χ0n) is 15.1. The minimum Gasteiger partial charge on any atom is -0.465 e. The highest BCUT2D eigenvalue weighted by Gasteiger charge is 2.22. The van der Waals surface area contributed by atoms with E-state index in [9.17, 15) is 14.4 Å². The minimum absolute atomic E-state index is 0.0593. The molecule has 8 nitrogen and oxygen atoms in total. The number of carbonyl (C=O) groups excluding carboxylic acids is 3. The van der Waals surface area contributed by atoms with Crippen LogP contribution in [0.2, 0.25) is 0 Å². The van der Waals surface area contributed by atoms with Gasteiger partial charge in [-0.05, 0) is 24.3 Å². The van der Waals surface area contributed by atoms with Crippen LogP contribution in [0.25, 0.3) is 5.52 Å². The number of ether oxygens (including phenoxy) is 1. The highest BCUT2D eigenvalue weighted by molar-refractivity contribution is 6.11. The van der Waals surface area contributed by atoms with E-state index < -0.39 is 17.8 Å². The van der Waals surface area contributed by atoms with Gasteiger partial charge in [-0.15, -0.1) is 6.58 Å². The number of benzene rings is 1. The molecule has 0 aliphatic heterocycles. The Morgan fingerprint density at radius 1 is 1.14 bits per heavy atom. The van der Waals surface area contributed by atoms with Crippen molar-refractivity contribution in [3.8, 4) is 0 Å². The van der Waals surface area contributed by atoms with Crippen LogP contribution in [0.4, 0.5) is 5.69 Å². The summed E-state index contributed by atoms with van der Waals surface area (Å²) in [5.41, 5.74) is 1.02. The van der Waals surface area contributed by atoms with Crippen LogP contribution >= 0.6 is 0 Å². The molecule has 0 saturated heterocycles. The van der Waals surface area contributed by atoms with Crippen molar-refractivity contribution in [3.63, 3.8) is 0 Å². The molecule has 0 saturated carbocycles. The van der Waals surface area contributed by atoms with E-state index in [1.54, 1.807) is 54.7 Å². The maximum absolute atomic E-state index is 12.9. The molecule has 0 aliphatic carbocycles. The summed E-state index contributed by atoms with van der Waals surface area (Å²) in [4.78, 5) is 41.3. The molecule has 3 rings (SSSR count). The summed E-state index contributed by atoms with van der Waals surface area (Å²) >= 11 is 0. The van der Waals surface area contributed by atoms with Crippen LogP contribution in [0.1, 0.15) is 31.5 Å². The summed E-state index contributed by atoms with van der Waals surface area (Å²) < 4.78 is 6.26. The van der Waals surface area contributed by atoms with E-state index in [2.05, 4.69) is 22.2 Å². The largest absolute Gasteiger partial charge is 0.465 e. The lowest BCUT2D eigenvalue weighted by Gasteiger charge is -2.08. The van der Waals surface area contributed by atoms with Crippen molar-refractivity contribution in [2.45, 2.75) is 0 Å². The molecule has 2 aromatic heterocycles. The molecule has 28 heavy (non-hydrogen) atoms. The van der Waals surface area contributed by atoms with Crippen LogP contribution in [-0.2, 0) is 4.74 Å². The monoisotopic (exact) mass is 378 g/mol. The van der Waals surface area contributed by atoms with E-state index >= 15 is 0 Å². The molecule has 142 valence electrons. The fourth-order valence-corrected chi connectivity index (χ4v) is 2.67. The molecule has 0 radical (unpaired) electrons. The van der Waals surface area contributed by atoms with E-state index in [4.69, 9.17) is 4.74 Å². The molecule has 0 aliphatic rings. The normalized spacial score (nSPS) is 10.3. The van der Waals surface area contributed by atoms with Crippen molar-refractivity contribution in [3.05, 3.63) is 78.4 Å². The van der Waals surface area contributed by atoms with Crippen LogP contribution < -0.4 is 10.6 Å². The fraction of sp³-hybridized carbons (Fsp3) is 0.100. The lowest BCUT2D eigenvalue weighted by molar-refractivity contribution is 0.0601. The predicted octanol–water partition coefficient (Wildman–Crippen LogP) is 2.29. The molecule has 0 unspecified atom stereocenters. The quantitative estimate of drug-likeness (QED) is 0.506. The Balaban J connectivity index is 1.98. The second kappa shape index (κ2) is 8.17. The second-order valence-electron chi connectivity index (χ2n) is 5.73. The second-order valence-corrected chi connectivity index (χ2v) is 5.73. The molecular weight excluding hydrogens is 360 g/mol. The first kappa shape index (κ1) is 18.8. The van der Waals surface area contributed by atoms with Gasteiger partial charge in [0.05, 0.1) is 23.9 Å². The third-order valence-corrected chi connectivity index (χ3v) is 3.95. The maximum atomic E-state index is 12.9. The molecule has 0 bridgehead atoms. The molecule has 8 heteroatoms. The third-order valence-electron chi connectivity index (χ3n) is 3.95. The molecule has 0 fully saturated rings. The van der Waals surface area contributed by atoms with Gasteiger partial charge in [-0.25, -0.2) is 9.78 Å². The number of hydrogen-bond donors (Lipinski definition) is 2. The van der Waals surface area contributed by atoms with Crippen LogP contribution in [-0.4, -0.2) is 40.8 Å². The van der Waals surface area contributed by atoms with Gasteiger partial charge in [0.15, 0.2) is 5.69 Å². The number of nitrogens with zero attached hydrogens (tertiary/aromatic N) is 2. The first-order valence-corrected chi connectivity index (χ1v) is 8.41. The van der Waals surface area contributed by atoms with E-state index in [0.717, 1.165) is 0 Å². The Kier molecular flexibility index (Phi) is 5.50. The predicted molar refractivity (Wildman–Crippen MR) is 103 cm³/mol. The van der Waals surface area contributed by atoms with Gasteiger partial charge in [-0.3, -0.25) is 14.0 Å². The van der Waals surface area contributed by atoms with Crippen LogP contribution in [0.5, 0.6) is 0 Å². The molecule has 3 aromatic rings. The van der Waals surface area contributed by atoms with Gasteiger partial charge in [-0.2, -0.15) is 0 Å². The van der Waals surface area contributed by atoms with Gasteiger partial charge >= 0.3 is 5.97 Å². The lowest BCUT2D eigenvalue weighted by atomic mass is 10.1. The fourth-order valence-electron chi connectivity index (χ4n) is 2.67. The molecule has 0 atom stereocenters. The maximum Gasteiger partial charge on any atom is 0.339 e. The van der Waals surface area contributed by atoms with Crippen molar-refractivity contribution >= 4 is 29.0 Å². The molecule has 2 amide bonds. The van der Waals surface area contributed by atoms with Gasteiger partial charge < -0.3 is 15.4 Å². The number of nitrogens with one attached hydrogen (secondary N) is 2. The summed E-state index contributed by atoms with van der Waals surface area (Å²) in [6.45, 7) is 3.83. The van der Waals surface area contributed by atoms with E-state index in [1.165, 1.54) is 11.5 Å². The van der Waals surface area contributed by atoms with Gasteiger partial charge in [0, 0.05) is 12.7 Å². The molecule has 1 aromatic carbocycles. The number of aromatic nitrogens is 2. The number of anilines is 1. The lowest BCUT2D eigenvalue weighted by Crippen LogP contribution is -2.25. The third kappa shape index (κ3) is 3.61. The van der Waals surface area contributed by atoms with Crippen LogP contribution in [0.3, 0.4) is 0 Å². The Morgan fingerprint density at radius 2 is 1.89 bits per heavy atom. The smallest absolute Gasteiger partial charge is 0.339 e. The Morgan fingerprint density at radius 3 is 2.64 bits per heavy atom. The molecule has 2 heterocycles. The summed E-state index contributed by atoms with van der Waals surface area (Å²) in [5.74, 6) is -1.49. The summed E-state index contributed by atoms with van der Waals surface area (Å²) in [5, 5.41) is 5.31. The number of esters is 1. The molecule has 2 N–H and O–H groups in total. The number of amides is 2. The van der Waals surface area contributed by atoms with Crippen LogP contribution in [0.15, 0.2) is 61.3 Å². The number of imidazole rings is 1. The highest BCUT2D eigenvalue weighted by Crippen LogP contribution is 2.19. The average Bonchev–Trinajstić information content (AvgIpc) is 3.12. The van der Waals surface area contributed by atoms with Gasteiger partial charge in [0.2, 0.25) is 5.82 Å². The topological polar surface area (TPSA) is 102 Å². The van der Waals surface area contributed by atoms with Crippen molar-refractivity contribution < 1.29 is 19.1 Å². The van der Waals surface area contributed by atoms with E-state index in [1.807, 2.05) is 0 Å². The standard InChI is InChI=1S/C20H18N4O4/c1-3-11-21-19(26)17-23-16(15-10-6-7-12-24(15)17)18(25)22-14-9-5-4-8-13(14)20(27)28-2/h3-10,12H,1,11H2,2H3,(H,21,26)(H,22,25). The Labute approximate surface area is 160 Å². The van der Waals surface area contributed by atoms with E-state index in [0.29, 0.717) is 5.52 Å². The highest BCUT2D eigenvalue weighted by atomic mass is 16.5. The van der Waals surface area contributed by atoms with E-state index in [-0.39, 0.29) is 29.3 Å². The molecule has 0 spiro atoms. The minimum atomic E-state index is -0.574. The summed E-state index contributed by atoms with van der Waals surface area (Å²) in [7, 11) is 1.26. The van der Waals surface area contributed by atoms with Gasteiger partial charge in [0.1, 0.15) is 0 Å². The van der Waals surface area contributed by atoms with Gasteiger partial charge in [-0.1, -0.05) is 24.3 Å². The number of fused-ring (bicyclic) bond motifs is 1. The molecular formula is C20H18N4O4. The number of hydrogen-bond acceptors (Lipinski definition) is 5. The average molecular weight is 378 g/mol. The Hall–Kier alpha value is -3.94. The van der Waals surface area contributed by atoms with Crippen molar-refractivity contribution in [1.29, 1.82) is 0 Å². The number of methoxy groups -OCH3 is 1. The van der Waals surface area contributed by atoms with Crippen LogP contribution in [0, 0.1) is 0 Å². The number of para-hydroxylation sites is 1. The Bertz CT molecular complexity index is 1070. The van der Waals surface area contributed by atoms with Gasteiger partial charge in [0.25, 0.3) is 11.8 Å². The zero-order chi connectivity index (χ0) is 20.1. The number of rotatable bonds is 6. The van der Waals surface area contributed by atoms with Crippen molar-refractivity contribution in [2.75, 3.05) is 19.0 Å². The van der Waals surface area contributed by atoms with Crippen molar-refractivity contribution in [1.82, 2.24) is 14.7 Å².